The third-order valence-corrected chi connectivity index (χ3v) is 6.38. The lowest BCUT2D eigenvalue weighted by atomic mass is 9.95. The number of morpholine rings is 1. The first kappa shape index (κ1) is 20.1. The number of halogens is 1. The second kappa shape index (κ2) is 8.80. The summed E-state index contributed by atoms with van der Waals surface area (Å²) in [5.74, 6) is 0.645. The van der Waals surface area contributed by atoms with Crippen LogP contribution in [0.15, 0.2) is 0 Å². The molecule has 2 aliphatic rings. The van der Waals surface area contributed by atoms with Gasteiger partial charge in [0.15, 0.2) is 0 Å². The maximum atomic E-state index is 12.7. The molecule has 2 heterocycles. The molecule has 2 saturated heterocycles. The molecule has 2 atom stereocenters. The highest BCUT2D eigenvalue weighted by atomic mass is 35.5. The number of nitrogens with zero attached hydrogens (tertiary/aromatic N) is 2. The van der Waals surface area contributed by atoms with E-state index in [1.165, 1.54) is 0 Å². The van der Waals surface area contributed by atoms with Gasteiger partial charge in [-0.2, -0.15) is 17.0 Å². The van der Waals surface area contributed by atoms with Crippen LogP contribution in [-0.4, -0.2) is 69.0 Å². The largest absolute Gasteiger partial charge is 0.373 e. The Morgan fingerprint density at radius 3 is 2.14 bits per heavy atom. The summed E-state index contributed by atoms with van der Waals surface area (Å²) in [4.78, 5) is 0. The van der Waals surface area contributed by atoms with Gasteiger partial charge < -0.3 is 10.1 Å². The molecule has 2 aliphatic heterocycles. The van der Waals surface area contributed by atoms with Crippen molar-refractivity contribution in [3.8, 4) is 0 Å². The van der Waals surface area contributed by atoms with Crippen LogP contribution in [0.2, 0.25) is 0 Å². The van der Waals surface area contributed by atoms with Crippen molar-refractivity contribution >= 4 is 22.6 Å². The van der Waals surface area contributed by atoms with E-state index in [0.29, 0.717) is 32.1 Å². The zero-order valence-electron chi connectivity index (χ0n) is 13.8. The van der Waals surface area contributed by atoms with E-state index in [4.69, 9.17) is 4.74 Å². The van der Waals surface area contributed by atoms with E-state index in [0.717, 1.165) is 25.8 Å². The van der Waals surface area contributed by atoms with Crippen molar-refractivity contribution in [3.63, 3.8) is 0 Å². The Labute approximate surface area is 141 Å². The van der Waals surface area contributed by atoms with Crippen LogP contribution < -0.4 is 5.32 Å². The van der Waals surface area contributed by atoms with Crippen LogP contribution in [0, 0.1) is 5.92 Å². The maximum absolute atomic E-state index is 12.7. The Hall–Kier alpha value is 0.0800. The van der Waals surface area contributed by atoms with Gasteiger partial charge in [-0.1, -0.05) is 0 Å². The molecule has 0 aromatic carbocycles. The lowest BCUT2D eigenvalue weighted by Crippen LogP contribution is -2.54. The van der Waals surface area contributed by atoms with Crippen LogP contribution in [0.25, 0.3) is 0 Å². The molecular formula is C14H30ClN3O3S. The Bertz CT molecular complexity index is 417. The van der Waals surface area contributed by atoms with Gasteiger partial charge in [0.05, 0.1) is 12.2 Å². The summed E-state index contributed by atoms with van der Waals surface area (Å²) in [6.45, 7) is 7.10. The predicted octanol–water partition coefficient (Wildman–Crippen LogP) is 1.08. The van der Waals surface area contributed by atoms with Gasteiger partial charge in [-0.15, -0.1) is 12.4 Å². The summed E-state index contributed by atoms with van der Waals surface area (Å²) in [5, 5.41) is 3.16. The molecule has 2 unspecified atom stereocenters. The van der Waals surface area contributed by atoms with E-state index < -0.39 is 10.2 Å². The van der Waals surface area contributed by atoms with E-state index in [1.54, 1.807) is 8.61 Å². The van der Waals surface area contributed by atoms with E-state index in [-0.39, 0.29) is 24.6 Å². The Morgan fingerprint density at radius 1 is 1.09 bits per heavy atom. The molecule has 0 radical (unpaired) electrons. The predicted molar refractivity (Wildman–Crippen MR) is 90.6 cm³/mol. The molecule has 8 heteroatoms. The normalized spacial score (nSPS) is 29.2. The fraction of sp³-hybridized carbons (Fsp3) is 1.00. The highest BCUT2D eigenvalue weighted by molar-refractivity contribution is 7.86. The SMILES string of the molecule is CNCCC1CCN(S(=O)(=O)N2CC(C)OC(C)C2)CC1.Cl. The lowest BCUT2D eigenvalue weighted by Gasteiger charge is -2.39. The van der Waals surface area contributed by atoms with Crippen LogP contribution in [-0.2, 0) is 14.9 Å². The molecule has 132 valence electrons. The van der Waals surface area contributed by atoms with Gasteiger partial charge >= 0.3 is 0 Å². The molecule has 0 bridgehead atoms. The van der Waals surface area contributed by atoms with Crippen LogP contribution in [0.1, 0.15) is 33.1 Å². The van der Waals surface area contributed by atoms with E-state index >= 15 is 0 Å². The quantitative estimate of drug-likeness (QED) is 0.801. The maximum Gasteiger partial charge on any atom is 0.282 e. The molecule has 0 spiro atoms. The van der Waals surface area contributed by atoms with Crippen molar-refractivity contribution in [2.75, 3.05) is 39.8 Å². The highest BCUT2D eigenvalue weighted by Gasteiger charge is 2.36. The highest BCUT2D eigenvalue weighted by Crippen LogP contribution is 2.25. The second-order valence-electron chi connectivity index (χ2n) is 6.32. The van der Waals surface area contributed by atoms with Crippen molar-refractivity contribution in [1.82, 2.24) is 13.9 Å². The van der Waals surface area contributed by atoms with E-state index in [9.17, 15) is 8.42 Å². The average molecular weight is 356 g/mol. The van der Waals surface area contributed by atoms with Crippen molar-refractivity contribution in [2.24, 2.45) is 5.92 Å². The first-order valence-corrected chi connectivity index (χ1v) is 9.38. The topological polar surface area (TPSA) is 61.9 Å². The van der Waals surface area contributed by atoms with Crippen molar-refractivity contribution in [1.29, 1.82) is 0 Å². The molecule has 0 saturated carbocycles. The summed E-state index contributed by atoms with van der Waals surface area (Å²) < 4.78 is 34.4. The standard InChI is InChI=1S/C14H29N3O3S.ClH/c1-12-10-17(11-13(2)20-12)21(18,19)16-8-5-14(6-9-16)4-7-15-3;/h12-15H,4-11H2,1-3H3;1H. The minimum Gasteiger partial charge on any atom is -0.373 e. The first-order valence-electron chi connectivity index (χ1n) is 7.98. The molecule has 0 aromatic rings. The summed E-state index contributed by atoms with van der Waals surface area (Å²) in [7, 11) is -1.37. The van der Waals surface area contributed by atoms with Crippen LogP contribution in [0.4, 0.5) is 0 Å². The van der Waals surface area contributed by atoms with Gasteiger partial charge in [-0.3, -0.25) is 0 Å². The number of nitrogens with one attached hydrogen (secondary N) is 1. The Kier molecular flexibility index (Phi) is 8.05. The van der Waals surface area contributed by atoms with E-state index in [1.807, 2.05) is 20.9 Å². The smallest absolute Gasteiger partial charge is 0.282 e. The van der Waals surface area contributed by atoms with Gasteiger partial charge in [0.2, 0.25) is 0 Å². The molecular weight excluding hydrogens is 326 g/mol. The van der Waals surface area contributed by atoms with Crippen LogP contribution in [0.5, 0.6) is 0 Å². The van der Waals surface area contributed by atoms with Crippen LogP contribution >= 0.6 is 12.4 Å². The second-order valence-corrected chi connectivity index (χ2v) is 8.25. The van der Waals surface area contributed by atoms with Gasteiger partial charge in [0, 0.05) is 26.2 Å². The number of hydrogen-bond acceptors (Lipinski definition) is 4. The van der Waals surface area contributed by atoms with Gasteiger partial charge in [-0.25, -0.2) is 0 Å². The lowest BCUT2D eigenvalue weighted by molar-refractivity contribution is -0.0456. The third-order valence-electron chi connectivity index (χ3n) is 4.41. The van der Waals surface area contributed by atoms with E-state index in [2.05, 4.69) is 5.32 Å². The van der Waals surface area contributed by atoms with Gasteiger partial charge in [-0.05, 0) is 52.6 Å². The molecule has 0 aliphatic carbocycles. The molecule has 0 amide bonds. The summed E-state index contributed by atoms with van der Waals surface area (Å²) >= 11 is 0. The number of piperidine rings is 1. The molecule has 2 rings (SSSR count). The molecule has 0 aromatic heterocycles. The van der Waals surface area contributed by atoms with Crippen LogP contribution in [0.3, 0.4) is 0 Å². The van der Waals surface area contributed by atoms with Crippen molar-refractivity contribution in [3.05, 3.63) is 0 Å². The molecule has 22 heavy (non-hydrogen) atoms. The van der Waals surface area contributed by atoms with Gasteiger partial charge in [0.1, 0.15) is 0 Å². The third kappa shape index (κ3) is 5.04. The Morgan fingerprint density at radius 2 is 1.64 bits per heavy atom. The fourth-order valence-electron chi connectivity index (χ4n) is 3.26. The first-order chi connectivity index (χ1) is 9.93. The molecule has 2 fully saturated rings. The number of rotatable bonds is 5. The molecule has 6 nitrogen and oxygen atoms in total. The summed E-state index contributed by atoms with van der Waals surface area (Å²) in [6.07, 6.45) is 3.01. The zero-order chi connectivity index (χ0) is 15.5. The average Bonchev–Trinajstić information content (AvgIpc) is 2.44. The van der Waals surface area contributed by atoms with Crippen molar-refractivity contribution in [2.45, 2.75) is 45.3 Å². The van der Waals surface area contributed by atoms with Crippen molar-refractivity contribution < 1.29 is 13.2 Å². The monoisotopic (exact) mass is 355 g/mol. The minimum absolute atomic E-state index is 0. The fourth-order valence-corrected chi connectivity index (χ4v) is 5.06. The van der Waals surface area contributed by atoms with Gasteiger partial charge in [0.25, 0.3) is 10.2 Å². The summed E-state index contributed by atoms with van der Waals surface area (Å²) in [6, 6.07) is 0. The number of ether oxygens (including phenoxy) is 1. The summed E-state index contributed by atoms with van der Waals surface area (Å²) in [5.41, 5.74) is 0. The zero-order valence-corrected chi connectivity index (χ0v) is 15.5. The molecule has 1 N–H and O–H groups in total. The Balaban J connectivity index is 0.00000242. The minimum atomic E-state index is -3.32. The number of hydrogen-bond donors (Lipinski definition) is 1.